The van der Waals surface area contributed by atoms with Crippen molar-refractivity contribution in [1.82, 2.24) is 9.88 Å². The van der Waals surface area contributed by atoms with Gasteiger partial charge < -0.3 is 9.64 Å². The summed E-state index contributed by atoms with van der Waals surface area (Å²) < 4.78 is 5.04. The number of aromatic nitrogens is 1. The van der Waals surface area contributed by atoms with Crippen LogP contribution in [0.15, 0.2) is 18.3 Å². The highest BCUT2D eigenvalue weighted by Crippen LogP contribution is 2.30. The van der Waals surface area contributed by atoms with E-state index in [0.717, 1.165) is 5.56 Å². The molecule has 0 aliphatic carbocycles. The fourth-order valence-electron chi connectivity index (χ4n) is 2.00. The first-order valence-corrected chi connectivity index (χ1v) is 7.59. The lowest BCUT2D eigenvalue weighted by molar-refractivity contribution is 0.0700. The molecular formula is C17H28N2O2. The lowest BCUT2D eigenvalue weighted by Crippen LogP contribution is -2.34. The molecule has 1 heterocycles. The van der Waals surface area contributed by atoms with Crippen molar-refractivity contribution in [2.24, 2.45) is 5.92 Å². The average molecular weight is 292 g/mol. The van der Waals surface area contributed by atoms with Crippen LogP contribution >= 0.6 is 0 Å². The molecule has 0 N–H and O–H groups in total. The maximum Gasteiger partial charge on any atom is 0.272 e. The topological polar surface area (TPSA) is 42.4 Å². The van der Waals surface area contributed by atoms with Crippen LogP contribution in [0.2, 0.25) is 0 Å². The van der Waals surface area contributed by atoms with Gasteiger partial charge in [-0.05, 0) is 29.9 Å². The van der Waals surface area contributed by atoms with E-state index in [0.29, 0.717) is 31.3 Å². The van der Waals surface area contributed by atoms with E-state index in [-0.39, 0.29) is 11.3 Å². The monoisotopic (exact) mass is 292 g/mol. The van der Waals surface area contributed by atoms with Gasteiger partial charge in [-0.15, -0.1) is 0 Å². The van der Waals surface area contributed by atoms with Crippen molar-refractivity contribution in [2.75, 3.05) is 26.8 Å². The zero-order chi connectivity index (χ0) is 16.0. The van der Waals surface area contributed by atoms with Crippen molar-refractivity contribution in [3.05, 3.63) is 29.6 Å². The molecule has 118 valence electrons. The Bertz CT molecular complexity index is 452. The molecule has 1 aromatic heterocycles. The second-order valence-corrected chi connectivity index (χ2v) is 6.19. The van der Waals surface area contributed by atoms with Crippen LogP contribution in [0.3, 0.4) is 0 Å². The summed E-state index contributed by atoms with van der Waals surface area (Å²) in [5.74, 6) is 0.471. The molecular weight excluding hydrogens is 264 g/mol. The summed E-state index contributed by atoms with van der Waals surface area (Å²) in [4.78, 5) is 18.5. The van der Waals surface area contributed by atoms with E-state index < -0.39 is 0 Å². The van der Waals surface area contributed by atoms with Crippen LogP contribution in [-0.2, 0) is 10.2 Å². The standard InChI is InChI=1S/C17H28N2O2/c1-7-19(10-11-21-6)16(20)15-9-8-14(12-18-15)17(4,5)13(2)3/h8-9,12-13H,7,10-11H2,1-6H3. The molecule has 0 saturated heterocycles. The fraction of sp³-hybridized carbons (Fsp3) is 0.647. The summed E-state index contributed by atoms with van der Waals surface area (Å²) in [6.07, 6.45) is 1.83. The largest absolute Gasteiger partial charge is 0.383 e. The maximum absolute atomic E-state index is 12.4. The molecule has 4 nitrogen and oxygen atoms in total. The Hall–Kier alpha value is -1.42. The molecule has 1 rings (SSSR count). The Morgan fingerprint density at radius 2 is 2.05 bits per heavy atom. The molecule has 4 heteroatoms. The zero-order valence-corrected chi connectivity index (χ0v) is 14.1. The molecule has 1 amide bonds. The summed E-state index contributed by atoms with van der Waals surface area (Å²) in [5.41, 5.74) is 1.71. The maximum atomic E-state index is 12.4. The van der Waals surface area contributed by atoms with E-state index in [1.165, 1.54) is 0 Å². The van der Waals surface area contributed by atoms with Crippen LogP contribution in [0.1, 0.15) is 50.7 Å². The normalized spacial score (nSPS) is 11.8. The fourth-order valence-corrected chi connectivity index (χ4v) is 2.00. The van der Waals surface area contributed by atoms with Gasteiger partial charge in [0.25, 0.3) is 5.91 Å². The van der Waals surface area contributed by atoms with E-state index in [9.17, 15) is 4.79 Å². The molecule has 1 aromatic rings. The third-order valence-electron chi connectivity index (χ3n) is 4.40. The van der Waals surface area contributed by atoms with Gasteiger partial charge in [0.1, 0.15) is 5.69 Å². The Morgan fingerprint density at radius 3 is 2.48 bits per heavy atom. The highest BCUT2D eigenvalue weighted by Gasteiger charge is 2.25. The molecule has 0 aliphatic heterocycles. The number of rotatable bonds is 7. The highest BCUT2D eigenvalue weighted by atomic mass is 16.5. The van der Waals surface area contributed by atoms with E-state index in [1.54, 1.807) is 12.0 Å². The summed E-state index contributed by atoms with van der Waals surface area (Å²) in [5, 5.41) is 0. The van der Waals surface area contributed by atoms with Crippen molar-refractivity contribution in [2.45, 2.75) is 40.0 Å². The molecule has 21 heavy (non-hydrogen) atoms. The quantitative estimate of drug-likeness (QED) is 0.775. The molecule has 0 spiro atoms. The summed E-state index contributed by atoms with van der Waals surface area (Å²) >= 11 is 0. The van der Waals surface area contributed by atoms with Crippen molar-refractivity contribution in [3.8, 4) is 0 Å². The second-order valence-electron chi connectivity index (χ2n) is 6.19. The number of ether oxygens (including phenoxy) is 1. The number of nitrogens with zero attached hydrogens (tertiary/aromatic N) is 2. The van der Waals surface area contributed by atoms with E-state index in [1.807, 2.05) is 25.3 Å². The number of pyridine rings is 1. The first-order valence-electron chi connectivity index (χ1n) is 7.59. The average Bonchev–Trinajstić information content (AvgIpc) is 2.47. The summed E-state index contributed by atoms with van der Waals surface area (Å²) in [7, 11) is 1.64. The van der Waals surface area contributed by atoms with Crippen molar-refractivity contribution >= 4 is 5.91 Å². The highest BCUT2D eigenvalue weighted by molar-refractivity contribution is 5.92. The molecule has 0 saturated carbocycles. The van der Waals surface area contributed by atoms with Gasteiger partial charge in [-0.2, -0.15) is 0 Å². The smallest absolute Gasteiger partial charge is 0.272 e. The molecule has 0 atom stereocenters. The van der Waals surface area contributed by atoms with Crippen molar-refractivity contribution in [3.63, 3.8) is 0 Å². The van der Waals surface area contributed by atoms with Crippen LogP contribution in [0.5, 0.6) is 0 Å². The third kappa shape index (κ3) is 4.27. The van der Waals surface area contributed by atoms with Crippen molar-refractivity contribution < 1.29 is 9.53 Å². The number of hydrogen-bond acceptors (Lipinski definition) is 3. The number of hydrogen-bond donors (Lipinski definition) is 0. The van der Waals surface area contributed by atoms with Gasteiger partial charge in [-0.25, -0.2) is 0 Å². The van der Waals surface area contributed by atoms with E-state index in [2.05, 4.69) is 32.7 Å². The molecule has 0 aromatic carbocycles. The molecule has 0 fully saturated rings. The Labute approximate surface area is 128 Å². The number of likely N-dealkylation sites (N-methyl/N-ethyl adjacent to an activating group) is 1. The van der Waals surface area contributed by atoms with Crippen LogP contribution in [0.25, 0.3) is 0 Å². The summed E-state index contributed by atoms with van der Waals surface area (Å²) in [6.45, 7) is 12.5. The lowest BCUT2D eigenvalue weighted by atomic mass is 9.76. The molecule has 0 aliphatic rings. The Kier molecular flexibility index (Phi) is 6.34. The van der Waals surface area contributed by atoms with Gasteiger partial charge in [-0.3, -0.25) is 9.78 Å². The Morgan fingerprint density at radius 1 is 1.38 bits per heavy atom. The lowest BCUT2D eigenvalue weighted by Gasteiger charge is -2.29. The predicted octanol–water partition coefficient (Wildman–Crippen LogP) is 3.12. The molecule has 0 radical (unpaired) electrons. The first-order chi connectivity index (χ1) is 9.84. The number of methoxy groups -OCH3 is 1. The SMILES string of the molecule is CCN(CCOC)C(=O)c1ccc(C(C)(C)C(C)C)cn1. The summed E-state index contributed by atoms with van der Waals surface area (Å²) in [6, 6.07) is 3.85. The third-order valence-corrected chi connectivity index (χ3v) is 4.40. The van der Waals surface area contributed by atoms with E-state index >= 15 is 0 Å². The minimum Gasteiger partial charge on any atom is -0.383 e. The minimum absolute atomic E-state index is 0.0385. The van der Waals surface area contributed by atoms with Crippen LogP contribution < -0.4 is 0 Å². The number of amides is 1. The number of carbonyl (C=O) groups is 1. The predicted molar refractivity (Wildman–Crippen MR) is 85.6 cm³/mol. The van der Waals surface area contributed by atoms with E-state index in [4.69, 9.17) is 4.74 Å². The van der Waals surface area contributed by atoms with Gasteiger partial charge in [0.05, 0.1) is 6.61 Å². The van der Waals surface area contributed by atoms with Crippen LogP contribution in [0, 0.1) is 5.92 Å². The van der Waals surface area contributed by atoms with Gasteiger partial charge in [0.2, 0.25) is 0 Å². The van der Waals surface area contributed by atoms with Gasteiger partial charge in [0.15, 0.2) is 0 Å². The van der Waals surface area contributed by atoms with Gasteiger partial charge >= 0.3 is 0 Å². The van der Waals surface area contributed by atoms with Gasteiger partial charge in [0, 0.05) is 26.4 Å². The Balaban J connectivity index is 2.89. The first kappa shape index (κ1) is 17.6. The minimum atomic E-state index is -0.0385. The molecule has 0 bridgehead atoms. The number of carbonyl (C=O) groups excluding carboxylic acids is 1. The molecule has 0 unspecified atom stereocenters. The van der Waals surface area contributed by atoms with Gasteiger partial charge in [-0.1, -0.05) is 33.8 Å². The van der Waals surface area contributed by atoms with Crippen LogP contribution in [0.4, 0.5) is 0 Å². The van der Waals surface area contributed by atoms with Crippen LogP contribution in [-0.4, -0.2) is 42.6 Å². The van der Waals surface area contributed by atoms with Crippen molar-refractivity contribution in [1.29, 1.82) is 0 Å². The second kappa shape index (κ2) is 7.55. The zero-order valence-electron chi connectivity index (χ0n) is 14.1.